The molecule has 1 aromatic heterocycles. The predicted molar refractivity (Wildman–Crippen MR) is 70.4 cm³/mol. The Morgan fingerprint density at radius 3 is 2.79 bits per heavy atom. The Morgan fingerprint density at radius 2 is 2.16 bits per heavy atom. The second-order valence-corrected chi connectivity index (χ2v) is 4.84. The number of aromatic nitrogens is 1. The van der Waals surface area contributed by atoms with Crippen molar-refractivity contribution < 1.29 is 19.0 Å². The molecule has 0 aliphatic rings. The highest BCUT2D eigenvalue weighted by atomic mass is 79.9. The molecule has 7 heteroatoms. The van der Waals surface area contributed by atoms with Crippen LogP contribution in [-0.4, -0.2) is 16.1 Å². The fourth-order valence-corrected chi connectivity index (χ4v) is 1.82. The average Bonchev–Trinajstić information content (AvgIpc) is 2.34. The van der Waals surface area contributed by atoms with Crippen LogP contribution in [0.15, 0.2) is 34.9 Å². The summed E-state index contributed by atoms with van der Waals surface area (Å²) >= 11 is 8.76. The van der Waals surface area contributed by atoms with E-state index >= 15 is 0 Å². The van der Waals surface area contributed by atoms with E-state index in [1.54, 1.807) is 0 Å². The first-order valence-electron chi connectivity index (χ1n) is 4.99. The summed E-state index contributed by atoms with van der Waals surface area (Å²) in [6.07, 6.45) is 1.34. The van der Waals surface area contributed by atoms with Gasteiger partial charge in [-0.3, -0.25) is 0 Å². The lowest BCUT2D eigenvalue weighted by Crippen LogP contribution is -2.01. The van der Waals surface area contributed by atoms with Crippen LogP contribution in [-0.2, 0) is 0 Å². The summed E-state index contributed by atoms with van der Waals surface area (Å²) in [4.78, 5) is 14.8. The van der Waals surface area contributed by atoms with Gasteiger partial charge in [-0.1, -0.05) is 11.6 Å². The third kappa shape index (κ3) is 3.21. The molecular formula is C12H6BrClFNO3. The summed E-state index contributed by atoms with van der Waals surface area (Å²) in [5.41, 5.74) is -0.170. The Labute approximate surface area is 120 Å². The Hall–Kier alpha value is -1.66. The quantitative estimate of drug-likeness (QED) is 0.908. The molecule has 1 heterocycles. The molecule has 0 aliphatic heterocycles. The largest absolute Gasteiger partial charge is 0.478 e. The molecule has 0 aliphatic carbocycles. The van der Waals surface area contributed by atoms with Gasteiger partial charge in [0, 0.05) is 15.7 Å². The molecule has 19 heavy (non-hydrogen) atoms. The van der Waals surface area contributed by atoms with Gasteiger partial charge in [-0.2, -0.15) is 0 Å². The fourth-order valence-electron chi connectivity index (χ4n) is 1.34. The minimum atomic E-state index is -1.23. The molecule has 98 valence electrons. The lowest BCUT2D eigenvalue weighted by atomic mass is 10.2. The number of aromatic carboxylic acids is 1. The highest BCUT2D eigenvalue weighted by Crippen LogP contribution is 2.29. The minimum Gasteiger partial charge on any atom is -0.478 e. The molecule has 2 rings (SSSR count). The third-order valence-electron chi connectivity index (χ3n) is 2.15. The van der Waals surface area contributed by atoms with E-state index in [0.29, 0.717) is 4.47 Å². The van der Waals surface area contributed by atoms with Crippen molar-refractivity contribution >= 4 is 33.5 Å². The number of nitrogens with zero attached hydrogens (tertiary/aromatic N) is 1. The normalized spacial score (nSPS) is 10.3. The van der Waals surface area contributed by atoms with Gasteiger partial charge in [0.1, 0.15) is 11.3 Å². The van der Waals surface area contributed by atoms with Crippen molar-refractivity contribution in [2.75, 3.05) is 0 Å². The summed E-state index contributed by atoms with van der Waals surface area (Å²) in [6.45, 7) is 0. The number of carbonyl (C=O) groups is 1. The standard InChI is InChI=1S/C12H6BrClFNO3/c13-6-3-9(15)11(16-5-6)19-10-2-1-7(14)4-8(10)12(17)18/h1-5H,(H,17,18). The highest BCUT2D eigenvalue weighted by molar-refractivity contribution is 9.10. The first-order chi connectivity index (χ1) is 8.97. The van der Waals surface area contributed by atoms with E-state index in [2.05, 4.69) is 20.9 Å². The van der Waals surface area contributed by atoms with Crippen molar-refractivity contribution in [1.29, 1.82) is 0 Å². The van der Waals surface area contributed by atoms with Gasteiger partial charge in [0.25, 0.3) is 5.88 Å². The molecular weight excluding hydrogens is 340 g/mol. The van der Waals surface area contributed by atoms with Crippen molar-refractivity contribution in [2.24, 2.45) is 0 Å². The zero-order chi connectivity index (χ0) is 14.0. The number of hydrogen-bond donors (Lipinski definition) is 1. The average molecular weight is 347 g/mol. The maximum atomic E-state index is 13.6. The highest BCUT2D eigenvalue weighted by Gasteiger charge is 2.15. The van der Waals surface area contributed by atoms with Gasteiger partial charge >= 0.3 is 5.97 Å². The van der Waals surface area contributed by atoms with Crippen LogP contribution in [0.4, 0.5) is 4.39 Å². The molecule has 1 aromatic carbocycles. The number of hydrogen-bond acceptors (Lipinski definition) is 3. The number of ether oxygens (including phenoxy) is 1. The van der Waals surface area contributed by atoms with Crippen LogP contribution in [0, 0.1) is 5.82 Å². The maximum absolute atomic E-state index is 13.6. The Balaban J connectivity index is 2.40. The zero-order valence-electron chi connectivity index (χ0n) is 9.23. The third-order valence-corrected chi connectivity index (χ3v) is 2.82. The Morgan fingerprint density at radius 1 is 1.42 bits per heavy atom. The van der Waals surface area contributed by atoms with Crippen LogP contribution in [0.5, 0.6) is 11.6 Å². The van der Waals surface area contributed by atoms with E-state index in [0.717, 1.165) is 0 Å². The zero-order valence-corrected chi connectivity index (χ0v) is 11.6. The predicted octanol–water partition coefficient (Wildman–Crippen LogP) is 4.13. The van der Waals surface area contributed by atoms with Crippen LogP contribution < -0.4 is 4.74 Å². The van der Waals surface area contributed by atoms with Gasteiger partial charge in [-0.05, 0) is 40.2 Å². The molecule has 4 nitrogen and oxygen atoms in total. The molecule has 0 bridgehead atoms. The molecule has 0 amide bonds. The van der Waals surface area contributed by atoms with E-state index in [1.165, 1.54) is 30.5 Å². The molecule has 0 atom stereocenters. The van der Waals surface area contributed by atoms with Crippen molar-refractivity contribution in [2.45, 2.75) is 0 Å². The van der Waals surface area contributed by atoms with Gasteiger partial charge in [-0.15, -0.1) is 0 Å². The van der Waals surface area contributed by atoms with Gasteiger partial charge < -0.3 is 9.84 Å². The Kier molecular flexibility index (Phi) is 4.01. The maximum Gasteiger partial charge on any atom is 0.339 e. The monoisotopic (exact) mass is 345 g/mol. The van der Waals surface area contributed by atoms with E-state index in [4.69, 9.17) is 21.4 Å². The number of rotatable bonds is 3. The molecule has 0 unspecified atom stereocenters. The van der Waals surface area contributed by atoms with Gasteiger partial charge in [0.2, 0.25) is 0 Å². The first kappa shape index (κ1) is 13.8. The van der Waals surface area contributed by atoms with Crippen molar-refractivity contribution in [3.8, 4) is 11.6 Å². The molecule has 1 N–H and O–H groups in total. The number of carboxylic acid groups (broad SMARTS) is 1. The molecule has 0 saturated heterocycles. The molecule has 0 saturated carbocycles. The first-order valence-corrected chi connectivity index (χ1v) is 6.16. The van der Waals surface area contributed by atoms with Gasteiger partial charge in [0.05, 0.1) is 0 Å². The SMILES string of the molecule is O=C(O)c1cc(Cl)ccc1Oc1ncc(Br)cc1F. The van der Waals surface area contributed by atoms with Gasteiger partial charge in [-0.25, -0.2) is 14.2 Å². The summed E-state index contributed by atoms with van der Waals surface area (Å²) < 4.78 is 19.2. The lowest BCUT2D eigenvalue weighted by Gasteiger charge is -2.08. The van der Waals surface area contributed by atoms with E-state index in [-0.39, 0.29) is 22.2 Å². The number of pyridine rings is 1. The van der Waals surface area contributed by atoms with Crippen molar-refractivity contribution in [3.05, 3.63) is 51.3 Å². The van der Waals surface area contributed by atoms with Crippen LogP contribution in [0.1, 0.15) is 10.4 Å². The van der Waals surface area contributed by atoms with Gasteiger partial charge in [0.15, 0.2) is 5.82 Å². The molecule has 0 radical (unpaired) electrons. The topological polar surface area (TPSA) is 59.4 Å². The van der Waals surface area contributed by atoms with Crippen molar-refractivity contribution in [3.63, 3.8) is 0 Å². The van der Waals surface area contributed by atoms with Crippen LogP contribution in [0.3, 0.4) is 0 Å². The van der Waals surface area contributed by atoms with Crippen LogP contribution >= 0.6 is 27.5 Å². The molecule has 0 spiro atoms. The summed E-state index contributed by atoms with van der Waals surface area (Å²) in [7, 11) is 0. The van der Waals surface area contributed by atoms with E-state index in [9.17, 15) is 9.18 Å². The van der Waals surface area contributed by atoms with Crippen LogP contribution in [0.2, 0.25) is 5.02 Å². The van der Waals surface area contributed by atoms with Crippen LogP contribution in [0.25, 0.3) is 0 Å². The number of halogens is 3. The Bertz CT molecular complexity index is 651. The second kappa shape index (κ2) is 5.54. The lowest BCUT2D eigenvalue weighted by molar-refractivity contribution is 0.0694. The summed E-state index contributed by atoms with van der Waals surface area (Å²) in [5.74, 6) is -2.28. The second-order valence-electron chi connectivity index (χ2n) is 3.49. The van der Waals surface area contributed by atoms with Crippen molar-refractivity contribution in [1.82, 2.24) is 4.98 Å². The van der Waals surface area contributed by atoms with E-state index in [1.807, 2.05) is 0 Å². The van der Waals surface area contributed by atoms with E-state index < -0.39 is 11.8 Å². The molecule has 2 aromatic rings. The summed E-state index contributed by atoms with van der Waals surface area (Å²) in [6, 6.07) is 5.17. The number of carboxylic acids is 1. The number of benzene rings is 1. The minimum absolute atomic E-state index is 0.0365. The fraction of sp³-hybridized carbons (Fsp3) is 0. The summed E-state index contributed by atoms with van der Waals surface area (Å²) in [5, 5.41) is 9.27. The molecule has 0 fully saturated rings. The smallest absolute Gasteiger partial charge is 0.339 e.